The van der Waals surface area contributed by atoms with Crippen LogP contribution in [0.4, 0.5) is 5.82 Å². The lowest BCUT2D eigenvalue weighted by atomic mass is 10.2. The molecule has 0 N–H and O–H groups in total. The van der Waals surface area contributed by atoms with Crippen LogP contribution in [0.15, 0.2) is 61.2 Å². The Morgan fingerprint density at radius 3 is 2.35 bits per heavy atom. The highest BCUT2D eigenvalue weighted by molar-refractivity contribution is 14.1. The van der Waals surface area contributed by atoms with Crippen molar-refractivity contribution in [2.45, 2.75) is 0 Å². The zero-order chi connectivity index (χ0) is 17.9. The molecule has 0 bridgehead atoms. The van der Waals surface area contributed by atoms with Gasteiger partial charge in [-0.2, -0.15) is 0 Å². The van der Waals surface area contributed by atoms with Gasteiger partial charge in [0, 0.05) is 48.2 Å². The number of benzene rings is 1. The minimum absolute atomic E-state index is 0.102. The molecule has 26 heavy (non-hydrogen) atoms. The van der Waals surface area contributed by atoms with Crippen molar-refractivity contribution < 1.29 is 4.79 Å². The smallest absolute Gasteiger partial charge is 0.255 e. The predicted octanol–water partition coefficient (Wildman–Crippen LogP) is 2.83. The van der Waals surface area contributed by atoms with Gasteiger partial charge in [-0.1, -0.05) is 12.1 Å². The van der Waals surface area contributed by atoms with Crippen molar-refractivity contribution >= 4 is 34.3 Å². The van der Waals surface area contributed by atoms with Gasteiger partial charge in [0.25, 0.3) is 5.91 Å². The Balaban J connectivity index is 1.45. The fraction of sp³-hybridized carbons (Fsp3) is 0.211. The lowest BCUT2D eigenvalue weighted by molar-refractivity contribution is 0.0745. The average molecular weight is 459 g/mol. The van der Waals surface area contributed by atoms with Gasteiger partial charge in [0.2, 0.25) is 0 Å². The van der Waals surface area contributed by atoms with Gasteiger partial charge in [-0.25, -0.2) is 9.97 Å². The molecule has 1 aromatic carbocycles. The average Bonchev–Trinajstić information content (AvgIpc) is 3.23. The van der Waals surface area contributed by atoms with Crippen molar-refractivity contribution in [1.82, 2.24) is 19.4 Å². The number of carbonyl (C=O) groups excluding carboxylic acids is 1. The summed E-state index contributed by atoms with van der Waals surface area (Å²) in [7, 11) is 0. The van der Waals surface area contributed by atoms with Gasteiger partial charge in [0.15, 0.2) is 0 Å². The molecule has 0 saturated carbocycles. The minimum Gasteiger partial charge on any atom is -0.353 e. The standard InChI is InChI=1S/C19H18IN5O/c20-16-6-2-1-5-15(16)19(26)25-11-9-24(10-12-25)18-13-17(21-14-22-18)23-7-3-4-8-23/h1-8,13-14H,9-12H2. The Morgan fingerprint density at radius 1 is 0.923 bits per heavy atom. The maximum Gasteiger partial charge on any atom is 0.255 e. The van der Waals surface area contributed by atoms with Gasteiger partial charge >= 0.3 is 0 Å². The first-order valence-electron chi connectivity index (χ1n) is 8.46. The first kappa shape index (κ1) is 17.0. The number of carbonyl (C=O) groups is 1. The number of aromatic nitrogens is 3. The van der Waals surface area contributed by atoms with E-state index in [2.05, 4.69) is 37.5 Å². The predicted molar refractivity (Wildman–Crippen MR) is 109 cm³/mol. The van der Waals surface area contributed by atoms with Crippen LogP contribution < -0.4 is 4.90 Å². The molecule has 132 valence electrons. The van der Waals surface area contributed by atoms with Crippen LogP contribution in [0.1, 0.15) is 10.4 Å². The van der Waals surface area contributed by atoms with E-state index in [4.69, 9.17) is 0 Å². The van der Waals surface area contributed by atoms with Crippen LogP contribution in [0.3, 0.4) is 0 Å². The van der Waals surface area contributed by atoms with E-state index < -0.39 is 0 Å². The highest BCUT2D eigenvalue weighted by atomic mass is 127. The number of piperazine rings is 1. The molecule has 0 radical (unpaired) electrons. The number of hydrogen-bond acceptors (Lipinski definition) is 4. The molecule has 1 aliphatic heterocycles. The molecule has 1 fully saturated rings. The highest BCUT2D eigenvalue weighted by Gasteiger charge is 2.24. The van der Waals surface area contributed by atoms with Gasteiger partial charge in [0.05, 0.1) is 5.56 Å². The number of anilines is 1. The number of halogens is 1. The Hall–Kier alpha value is -2.42. The summed E-state index contributed by atoms with van der Waals surface area (Å²) in [4.78, 5) is 25.6. The molecule has 2 aromatic heterocycles. The van der Waals surface area contributed by atoms with Crippen molar-refractivity contribution in [3.05, 3.63) is 70.3 Å². The van der Waals surface area contributed by atoms with E-state index in [1.54, 1.807) is 6.33 Å². The second kappa shape index (κ2) is 7.45. The molecule has 4 rings (SSSR count). The quantitative estimate of drug-likeness (QED) is 0.566. The first-order chi connectivity index (χ1) is 12.7. The van der Waals surface area contributed by atoms with E-state index >= 15 is 0 Å². The van der Waals surface area contributed by atoms with E-state index in [0.29, 0.717) is 13.1 Å². The van der Waals surface area contributed by atoms with Crippen molar-refractivity contribution in [2.75, 3.05) is 31.1 Å². The van der Waals surface area contributed by atoms with Crippen molar-refractivity contribution in [3.8, 4) is 5.82 Å². The summed E-state index contributed by atoms with van der Waals surface area (Å²) in [5, 5.41) is 0. The number of hydrogen-bond donors (Lipinski definition) is 0. The SMILES string of the molecule is O=C(c1ccccc1I)N1CCN(c2cc(-n3cccc3)ncn2)CC1. The number of nitrogens with zero attached hydrogens (tertiary/aromatic N) is 5. The third-order valence-electron chi connectivity index (χ3n) is 4.50. The lowest BCUT2D eigenvalue weighted by Gasteiger charge is -2.35. The van der Waals surface area contributed by atoms with Gasteiger partial charge in [-0.05, 0) is 46.9 Å². The zero-order valence-corrected chi connectivity index (χ0v) is 16.3. The van der Waals surface area contributed by atoms with E-state index in [1.807, 2.05) is 64.3 Å². The third-order valence-corrected chi connectivity index (χ3v) is 5.44. The monoisotopic (exact) mass is 459 g/mol. The maximum atomic E-state index is 12.7. The Labute approximate surface area is 165 Å². The van der Waals surface area contributed by atoms with Gasteiger partial charge in [-0.3, -0.25) is 4.79 Å². The van der Waals surface area contributed by atoms with Gasteiger partial charge < -0.3 is 14.4 Å². The normalized spacial score (nSPS) is 14.5. The summed E-state index contributed by atoms with van der Waals surface area (Å²) in [6.45, 7) is 2.90. The zero-order valence-electron chi connectivity index (χ0n) is 14.1. The minimum atomic E-state index is 0.102. The molecule has 0 unspecified atom stereocenters. The fourth-order valence-corrected chi connectivity index (χ4v) is 3.70. The van der Waals surface area contributed by atoms with Crippen LogP contribution in [0, 0.1) is 3.57 Å². The van der Waals surface area contributed by atoms with Gasteiger partial charge in [-0.15, -0.1) is 0 Å². The van der Waals surface area contributed by atoms with Crippen LogP contribution in [0.5, 0.6) is 0 Å². The molecule has 1 aliphatic rings. The van der Waals surface area contributed by atoms with E-state index in [9.17, 15) is 4.79 Å². The van der Waals surface area contributed by atoms with Crippen LogP contribution in [-0.4, -0.2) is 51.5 Å². The highest BCUT2D eigenvalue weighted by Crippen LogP contribution is 2.19. The molecule has 1 saturated heterocycles. The second-order valence-electron chi connectivity index (χ2n) is 6.08. The molecule has 3 aromatic rings. The van der Waals surface area contributed by atoms with Crippen LogP contribution >= 0.6 is 22.6 Å². The largest absolute Gasteiger partial charge is 0.353 e. The molecule has 1 amide bonds. The summed E-state index contributed by atoms with van der Waals surface area (Å²) < 4.78 is 2.95. The molecule has 3 heterocycles. The molecule has 6 nitrogen and oxygen atoms in total. The summed E-state index contributed by atoms with van der Waals surface area (Å²) in [6, 6.07) is 13.6. The summed E-state index contributed by atoms with van der Waals surface area (Å²) in [5.41, 5.74) is 0.776. The molecular weight excluding hydrogens is 441 g/mol. The molecular formula is C19H18IN5O. The third kappa shape index (κ3) is 3.44. The number of amides is 1. The maximum absolute atomic E-state index is 12.7. The van der Waals surface area contributed by atoms with Gasteiger partial charge in [0.1, 0.15) is 18.0 Å². The fourth-order valence-electron chi connectivity index (χ4n) is 3.08. The Kier molecular flexibility index (Phi) is 4.87. The topological polar surface area (TPSA) is 54.3 Å². The van der Waals surface area contributed by atoms with E-state index in [-0.39, 0.29) is 5.91 Å². The molecule has 0 atom stereocenters. The molecule has 0 aliphatic carbocycles. The lowest BCUT2D eigenvalue weighted by Crippen LogP contribution is -2.49. The molecule has 0 spiro atoms. The summed E-state index contributed by atoms with van der Waals surface area (Å²) in [5.74, 6) is 1.84. The van der Waals surface area contributed by atoms with Crippen molar-refractivity contribution in [1.29, 1.82) is 0 Å². The van der Waals surface area contributed by atoms with Crippen LogP contribution in [0.25, 0.3) is 5.82 Å². The van der Waals surface area contributed by atoms with Crippen LogP contribution in [-0.2, 0) is 0 Å². The van der Waals surface area contributed by atoms with Crippen LogP contribution in [0.2, 0.25) is 0 Å². The first-order valence-corrected chi connectivity index (χ1v) is 9.54. The second-order valence-corrected chi connectivity index (χ2v) is 7.25. The Bertz CT molecular complexity index is 904. The van der Waals surface area contributed by atoms with Crippen molar-refractivity contribution in [2.24, 2.45) is 0 Å². The van der Waals surface area contributed by atoms with E-state index in [1.165, 1.54) is 0 Å². The Morgan fingerprint density at radius 2 is 1.62 bits per heavy atom. The number of rotatable bonds is 3. The molecule has 7 heteroatoms. The summed E-state index contributed by atoms with van der Waals surface area (Å²) in [6.07, 6.45) is 5.52. The van der Waals surface area contributed by atoms with E-state index in [0.717, 1.165) is 33.9 Å². The van der Waals surface area contributed by atoms with Crippen molar-refractivity contribution in [3.63, 3.8) is 0 Å². The summed E-state index contributed by atoms with van der Waals surface area (Å²) >= 11 is 2.22.